The van der Waals surface area contributed by atoms with Crippen LogP contribution in [0.1, 0.15) is 32.8 Å². The molecule has 35 heavy (non-hydrogen) atoms. The Balaban J connectivity index is 1.67. The fourth-order valence-corrected chi connectivity index (χ4v) is 5.48. The zero-order valence-corrected chi connectivity index (χ0v) is 23.8. The second-order valence-corrected chi connectivity index (χ2v) is 11.7. The van der Waals surface area contributed by atoms with Gasteiger partial charge in [0.1, 0.15) is 11.6 Å². The number of hydrogen-bond acceptors (Lipinski definition) is 1. The summed E-state index contributed by atoms with van der Waals surface area (Å²) < 4.78 is 29.1. The molecule has 0 saturated carbocycles. The average Bonchev–Trinajstić information content (AvgIpc) is 2.87. The van der Waals surface area contributed by atoms with Crippen molar-refractivity contribution in [1.29, 1.82) is 0 Å². The highest BCUT2D eigenvalue weighted by Crippen LogP contribution is 2.43. The monoisotopic (exact) mass is 706 g/mol. The van der Waals surface area contributed by atoms with Gasteiger partial charge in [-0.3, -0.25) is 0 Å². The van der Waals surface area contributed by atoms with Gasteiger partial charge in [-0.1, -0.05) is 72.8 Å². The summed E-state index contributed by atoms with van der Waals surface area (Å²) in [6.45, 7) is 0. The first-order valence-corrected chi connectivity index (χ1v) is 14.1. The lowest BCUT2D eigenvalue weighted by Crippen LogP contribution is -1.97. The number of rotatable bonds is 8. The Kier molecular flexibility index (Phi) is 9.57. The maximum Gasteiger partial charge on any atom is 0.123 e. The lowest BCUT2D eigenvalue weighted by molar-refractivity contribution is 0.627. The Morgan fingerprint density at radius 1 is 0.514 bits per heavy atom. The van der Waals surface area contributed by atoms with Gasteiger partial charge in [0.05, 0.1) is 0 Å². The molecule has 4 aromatic carbocycles. The van der Waals surface area contributed by atoms with Crippen molar-refractivity contribution >= 4 is 69.1 Å². The largest absolute Gasteiger partial charge is 0.207 e. The Morgan fingerprint density at radius 3 is 1.20 bits per heavy atom. The SMILES string of the molecule is Fc1ccc(/C=C\C(SC(/C=C\c2ccc(F)cc2)c2ccc(I)cc2)c2ccc(I)cc2)cc1. The van der Waals surface area contributed by atoms with Crippen LogP contribution in [0.4, 0.5) is 8.78 Å². The molecule has 5 heteroatoms. The molecule has 0 aliphatic rings. The minimum absolute atomic E-state index is 0.0687. The van der Waals surface area contributed by atoms with Crippen LogP contribution >= 0.6 is 56.9 Å². The predicted molar refractivity (Wildman–Crippen MR) is 162 cm³/mol. The van der Waals surface area contributed by atoms with Gasteiger partial charge in [0.25, 0.3) is 0 Å². The van der Waals surface area contributed by atoms with Crippen LogP contribution in [0.15, 0.2) is 109 Å². The second kappa shape index (κ2) is 12.8. The van der Waals surface area contributed by atoms with Gasteiger partial charge in [-0.25, -0.2) is 8.78 Å². The van der Waals surface area contributed by atoms with E-state index in [-0.39, 0.29) is 22.1 Å². The molecule has 0 aromatic heterocycles. The van der Waals surface area contributed by atoms with Gasteiger partial charge in [-0.15, -0.1) is 11.8 Å². The minimum atomic E-state index is -0.240. The van der Waals surface area contributed by atoms with E-state index >= 15 is 0 Å². The summed E-state index contributed by atoms with van der Waals surface area (Å²) in [5.41, 5.74) is 4.30. The Labute approximate surface area is 236 Å². The van der Waals surface area contributed by atoms with Crippen molar-refractivity contribution < 1.29 is 8.78 Å². The molecule has 2 unspecified atom stereocenters. The molecule has 0 heterocycles. The molecule has 2 atom stereocenters. The van der Waals surface area contributed by atoms with E-state index in [0.29, 0.717) is 0 Å². The van der Waals surface area contributed by atoms with E-state index in [4.69, 9.17) is 0 Å². The summed E-state index contributed by atoms with van der Waals surface area (Å²) in [5, 5.41) is 0.137. The zero-order valence-electron chi connectivity index (χ0n) is 18.6. The Morgan fingerprint density at radius 2 is 0.857 bits per heavy atom. The molecular weight excluding hydrogens is 684 g/mol. The molecule has 0 fully saturated rings. The highest BCUT2D eigenvalue weighted by molar-refractivity contribution is 14.1. The number of hydrogen-bond donors (Lipinski definition) is 0. The van der Waals surface area contributed by atoms with Crippen molar-refractivity contribution in [3.63, 3.8) is 0 Å². The van der Waals surface area contributed by atoms with Crippen LogP contribution in [0.5, 0.6) is 0 Å². The van der Waals surface area contributed by atoms with Crippen LogP contribution in [0.2, 0.25) is 0 Å². The van der Waals surface area contributed by atoms with Crippen molar-refractivity contribution in [3.05, 3.63) is 150 Å². The molecule has 0 radical (unpaired) electrons. The number of thioether (sulfide) groups is 1. The smallest absolute Gasteiger partial charge is 0.123 e. The fourth-order valence-electron chi connectivity index (χ4n) is 3.48. The standard InChI is InChI=1S/C30H22F2I2S/c31-25-11-1-21(2-12-25)5-19-29(23-7-15-27(33)16-8-23)35-30(24-9-17-28(34)18-10-24)20-6-22-3-13-26(32)14-4-22/h1-20,29-30H/b19-5-,20-6-. The van der Waals surface area contributed by atoms with Crippen LogP contribution in [0.25, 0.3) is 12.2 Å². The van der Waals surface area contributed by atoms with E-state index in [1.165, 1.54) is 42.5 Å². The molecule has 0 nitrogen and oxygen atoms in total. The van der Waals surface area contributed by atoms with Crippen LogP contribution < -0.4 is 0 Å². The van der Waals surface area contributed by atoms with Gasteiger partial charge in [0.2, 0.25) is 0 Å². The fraction of sp³-hybridized carbons (Fsp3) is 0.0667. The minimum Gasteiger partial charge on any atom is -0.207 e. The van der Waals surface area contributed by atoms with Gasteiger partial charge in [-0.05, 0) is 116 Å². The molecule has 4 aromatic rings. The third-order valence-corrected chi connectivity index (χ3v) is 8.24. The van der Waals surface area contributed by atoms with Crippen molar-refractivity contribution in [1.82, 2.24) is 0 Å². The van der Waals surface area contributed by atoms with Crippen LogP contribution in [-0.2, 0) is 0 Å². The molecule has 0 spiro atoms. The molecule has 176 valence electrons. The van der Waals surface area contributed by atoms with Crippen molar-refractivity contribution in [2.75, 3.05) is 0 Å². The summed E-state index contributed by atoms with van der Waals surface area (Å²) in [7, 11) is 0. The number of benzene rings is 4. The Hall–Kier alpha value is -1.97. The maximum absolute atomic E-state index is 13.4. The van der Waals surface area contributed by atoms with E-state index < -0.39 is 0 Å². The molecule has 0 aliphatic carbocycles. The van der Waals surface area contributed by atoms with E-state index in [1.807, 2.05) is 23.9 Å². The molecule has 0 bridgehead atoms. The molecule has 0 amide bonds. The second-order valence-electron chi connectivity index (χ2n) is 7.90. The van der Waals surface area contributed by atoms with Gasteiger partial charge >= 0.3 is 0 Å². The topological polar surface area (TPSA) is 0 Å². The number of halogens is 4. The lowest BCUT2D eigenvalue weighted by Gasteiger charge is -2.20. The maximum atomic E-state index is 13.4. The summed E-state index contributed by atoms with van der Waals surface area (Å²) >= 11 is 6.46. The van der Waals surface area contributed by atoms with E-state index in [2.05, 4.69) is 106 Å². The average molecular weight is 706 g/mol. The van der Waals surface area contributed by atoms with Gasteiger partial charge in [0, 0.05) is 17.6 Å². The summed E-state index contributed by atoms with van der Waals surface area (Å²) in [6, 6.07) is 30.1. The van der Waals surface area contributed by atoms with Gasteiger partial charge < -0.3 is 0 Å². The first-order valence-electron chi connectivity index (χ1n) is 11.0. The van der Waals surface area contributed by atoms with Crippen molar-refractivity contribution in [2.45, 2.75) is 10.5 Å². The molecular formula is C30H22F2I2S. The normalized spacial score (nSPS) is 13.4. The zero-order chi connectivity index (χ0) is 24.6. The summed E-state index contributed by atoms with van der Waals surface area (Å²) in [4.78, 5) is 0. The van der Waals surface area contributed by atoms with Crippen molar-refractivity contribution in [2.24, 2.45) is 0 Å². The van der Waals surface area contributed by atoms with Crippen LogP contribution in [-0.4, -0.2) is 0 Å². The lowest BCUT2D eigenvalue weighted by atomic mass is 10.1. The van der Waals surface area contributed by atoms with E-state index in [0.717, 1.165) is 11.1 Å². The Bertz CT molecular complexity index is 1180. The highest BCUT2D eigenvalue weighted by Gasteiger charge is 2.17. The first kappa shape index (κ1) is 26.1. The third kappa shape index (κ3) is 8.02. The third-order valence-electron chi connectivity index (χ3n) is 5.36. The molecule has 0 N–H and O–H groups in total. The summed E-state index contributed by atoms with van der Waals surface area (Å²) in [5.74, 6) is -0.481. The molecule has 0 aliphatic heterocycles. The molecule has 4 rings (SSSR count). The van der Waals surface area contributed by atoms with E-state index in [9.17, 15) is 8.78 Å². The van der Waals surface area contributed by atoms with Crippen LogP contribution in [0.3, 0.4) is 0 Å². The highest BCUT2D eigenvalue weighted by atomic mass is 127. The quantitative estimate of drug-likeness (QED) is 0.165. The van der Waals surface area contributed by atoms with E-state index in [1.54, 1.807) is 24.3 Å². The van der Waals surface area contributed by atoms with Gasteiger partial charge in [0.15, 0.2) is 0 Å². The van der Waals surface area contributed by atoms with Crippen molar-refractivity contribution in [3.8, 4) is 0 Å². The van der Waals surface area contributed by atoms with Gasteiger partial charge in [-0.2, -0.15) is 0 Å². The summed E-state index contributed by atoms with van der Waals surface area (Å²) in [6.07, 6.45) is 8.44. The van der Waals surface area contributed by atoms with Crippen LogP contribution in [0, 0.1) is 18.8 Å². The first-order chi connectivity index (χ1) is 17.0. The predicted octanol–water partition coefficient (Wildman–Crippen LogP) is 10.1. The molecule has 0 saturated heterocycles.